The minimum Gasteiger partial charge on any atom is -0.394 e. The van der Waals surface area contributed by atoms with Gasteiger partial charge in [0.05, 0.1) is 21.2 Å². The molecule has 1 rings (SSSR count). The third kappa shape index (κ3) is 2.85. The molecule has 1 fully saturated rings. The summed E-state index contributed by atoms with van der Waals surface area (Å²) >= 11 is 0. The second-order valence-corrected chi connectivity index (χ2v) is 3.21. The summed E-state index contributed by atoms with van der Waals surface area (Å²) in [5.41, 5.74) is 0. The van der Waals surface area contributed by atoms with Crippen LogP contribution >= 0.6 is 0 Å². The zero-order valence-electron chi connectivity index (χ0n) is 8.93. The second-order valence-electron chi connectivity index (χ2n) is 3.21. The normalized spacial score (nSPS) is 44.9. The van der Waals surface area contributed by atoms with Gasteiger partial charge in [-0.15, -0.1) is 0 Å². The first-order valence-corrected chi connectivity index (χ1v) is 4.49. The van der Waals surface area contributed by atoms with Crippen molar-refractivity contribution in [2.24, 2.45) is 0 Å². The maximum Gasteiger partial charge on any atom is 0.186 e. The van der Waals surface area contributed by atoms with Crippen LogP contribution in [0, 0.1) is 0 Å². The lowest BCUT2D eigenvalue weighted by atomic mass is 9.99. The van der Waals surface area contributed by atoms with E-state index in [1.54, 1.807) is 0 Å². The van der Waals surface area contributed by atoms with Crippen molar-refractivity contribution in [2.45, 2.75) is 30.7 Å². The predicted octanol–water partition coefficient (Wildman–Crippen LogP) is -3.20. The van der Waals surface area contributed by atoms with Gasteiger partial charge >= 0.3 is 0 Å². The lowest BCUT2D eigenvalue weighted by molar-refractivity contribution is -0.302. The van der Waals surface area contributed by atoms with E-state index in [0.717, 1.165) is 0 Å². The van der Waals surface area contributed by atoms with E-state index in [0.29, 0.717) is 0 Å². The van der Waals surface area contributed by atoms with Crippen LogP contribution in [0.25, 0.3) is 0 Å². The van der Waals surface area contributed by atoms with Gasteiger partial charge in [-0.25, -0.2) is 0 Å². The molecule has 0 spiro atoms. The van der Waals surface area contributed by atoms with Gasteiger partial charge in [0.15, 0.2) is 6.29 Å². The molecule has 0 aromatic heterocycles. The Hall–Kier alpha value is -0.280. The van der Waals surface area contributed by atoms with Gasteiger partial charge in [-0.05, 0) is 0 Å². The van der Waals surface area contributed by atoms with Gasteiger partial charge in [-0.2, -0.15) is 0 Å². The third-order valence-corrected chi connectivity index (χ3v) is 2.18. The maximum atomic E-state index is 9.45. The van der Waals surface area contributed by atoms with Crippen LogP contribution in [-0.2, 0) is 9.47 Å². The number of aliphatic hydroxyl groups is 5. The van der Waals surface area contributed by atoms with Gasteiger partial charge in [0, 0.05) is 0 Å². The van der Waals surface area contributed by atoms with Gasteiger partial charge in [-0.3, -0.25) is 0 Å². The molecule has 0 saturated carbocycles. The first-order valence-electron chi connectivity index (χ1n) is 5.07. The Morgan fingerprint density at radius 2 is 1.80 bits per heavy atom. The molecule has 0 aromatic carbocycles. The van der Waals surface area contributed by atoms with Crippen molar-refractivity contribution in [3.8, 4) is 0 Å². The standard InChI is InChI=1S/C8H16O7/c9-1-2-14-8-7(13)6(12)5(11)4(3-10)15-8/h4-13H,1-3H2/t4-,5-,6+,7+,8?/m1/s1/i1D/t1?,4-,5-,6+,7+,8?. The van der Waals surface area contributed by atoms with E-state index in [1.165, 1.54) is 0 Å². The lowest BCUT2D eigenvalue weighted by Crippen LogP contribution is -2.59. The quantitative estimate of drug-likeness (QED) is 0.341. The van der Waals surface area contributed by atoms with Crippen molar-refractivity contribution in [1.29, 1.82) is 0 Å². The highest BCUT2D eigenvalue weighted by Crippen LogP contribution is 2.21. The summed E-state index contributed by atoms with van der Waals surface area (Å²) in [6, 6.07) is 0. The Morgan fingerprint density at radius 3 is 2.33 bits per heavy atom. The average molecular weight is 225 g/mol. The first-order chi connectivity index (χ1) is 7.47. The van der Waals surface area contributed by atoms with Crippen molar-refractivity contribution in [2.75, 3.05) is 19.8 Å². The summed E-state index contributed by atoms with van der Waals surface area (Å²) < 4.78 is 16.5. The van der Waals surface area contributed by atoms with Crippen LogP contribution in [0.15, 0.2) is 0 Å². The Morgan fingerprint density at radius 1 is 1.13 bits per heavy atom. The van der Waals surface area contributed by atoms with Gasteiger partial charge < -0.3 is 35.0 Å². The fourth-order valence-electron chi connectivity index (χ4n) is 1.34. The molecule has 5 N–H and O–H groups in total. The van der Waals surface area contributed by atoms with Gasteiger partial charge in [0.25, 0.3) is 0 Å². The summed E-state index contributed by atoms with van der Waals surface area (Å²) in [7, 11) is 0. The largest absolute Gasteiger partial charge is 0.394 e. The van der Waals surface area contributed by atoms with Gasteiger partial charge in [0.2, 0.25) is 0 Å². The van der Waals surface area contributed by atoms with E-state index in [2.05, 4.69) is 0 Å². The minimum absolute atomic E-state index is 0.414. The molecule has 15 heavy (non-hydrogen) atoms. The fraction of sp³-hybridized carbons (Fsp3) is 1.00. The van der Waals surface area contributed by atoms with Crippen molar-refractivity contribution >= 4 is 0 Å². The average Bonchev–Trinajstić information content (AvgIpc) is 2.25. The molecule has 90 valence electrons. The Bertz CT molecular complexity index is 213. The molecule has 0 aliphatic carbocycles. The van der Waals surface area contributed by atoms with E-state index < -0.39 is 50.5 Å². The molecule has 6 atom stereocenters. The van der Waals surface area contributed by atoms with Crippen molar-refractivity contribution in [3.05, 3.63) is 0 Å². The van der Waals surface area contributed by atoms with Crippen molar-refractivity contribution in [3.63, 3.8) is 0 Å². The SMILES string of the molecule is [2H]C(O)COC1O[C@H](CO)[C@@H](O)[C@H](O)[C@@H]1O. The summed E-state index contributed by atoms with van der Waals surface area (Å²) in [6.07, 6.45) is -6.81. The Balaban J connectivity index is 2.56. The highest BCUT2D eigenvalue weighted by Gasteiger charge is 2.43. The van der Waals surface area contributed by atoms with Crippen LogP contribution in [0.2, 0.25) is 0 Å². The number of rotatable bonds is 4. The topological polar surface area (TPSA) is 120 Å². The molecule has 1 heterocycles. The van der Waals surface area contributed by atoms with Crippen LogP contribution in [-0.4, -0.2) is 76.0 Å². The summed E-state index contributed by atoms with van der Waals surface area (Å²) in [4.78, 5) is 0. The molecule has 2 unspecified atom stereocenters. The summed E-state index contributed by atoms with van der Waals surface area (Å²) in [5.74, 6) is 0. The highest BCUT2D eigenvalue weighted by atomic mass is 16.7. The van der Waals surface area contributed by atoms with Crippen LogP contribution in [0.3, 0.4) is 0 Å². The van der Waals surface area contributed by atoms with Crippen molar-refractivity contribution in [1.82, 2.24) is 0 Å². The van der Waals surface area contributed by atoms with Crippen LogP contribution in [0.5, 0.6) is 0 Å². The Labute approximate surface area is 87.9 Å². The van der Waals surface area contributed by atoms with Gasteiger partial charge in [0.1, 0.15) is 24.4 Å². The number of hydrogen-bond acceptors (Lipinski definition) is 7. The Kier molecular flexibility index (Phi) is 4.27. The summed E-state index contributed by atoms with van der Waals surface area (Å²) in [6.45, 7) is -2.45. The fourth-order valence-corrected chi connectivity index (χ4v) is 1.34. The molecule has 1 saturated heterocycles. The predicted molar refractivity (Wildman–Crippen MR) is 46.8 cm³/mol. The minimum atomic E-state index is -1.52. The lowest BCUT2D eigenvalue weighted by Gasteiger charge is -2.39. The van der Waals surface area contributed by atoms with Crippen molar-refractivity contribution < 1.29 is 36.4 Å². The summed E-state index contributed by atoms with van der Waals surface area (Å²) in [5, 5.41) is 45.7. The number of hydrogen-bond donors (Lipinski definition) is 5. The van der Waals surface area contributed by atoms with Crippen LogP contribution in [0.1, 0.15) is 1.37 Å². The molecular weight excluding hydrogens is 208 g/mol. The zero-order chi connectivity index (χ0) is 12.3. The smallest absolute Gasteiger partial charge is 0.186 e. The molecule has 7 heteroatoms. The molecule has 1 aliphatic heterocycles. The monoisotopic (exact) mass is 225 g/mol. The number of aliphatic hydroxyl groups excluding tert-OH is 5. The molecule has 0 amide bonds. The van der Waals surface area contributed by atoms with E-state index in [4.69, 9.17) is 21.1 Å². The first kappa shape index (κ1) is 11.2. The molecule has 0 bridgehead atoms. The maximum absolute atomic E-state index is 9.45. The van der Waals surface area contributed by atoms with E-state index >= 15 is 0 Å². The molecule has 1 aliphatic rings. The molecule has 0 radical (unpaired) electrons. The molecular formula is C8H16O7. The van der Waals surface area contributed by atoms with E-state index in [1.807, 2.05) is 0 Å². The zero-order valence-corrected chi connectivity index (χ0v) is 7.93. The molecule has 0 aromatic rings. The van der Waals surface area contributed by atoms with E-state index in [-0.39, 0.29) is 0 Å². The van der Waals surface area contributed by atoms with Crippen LogP contribution in [0.4, 0.5) is 0 Å². The highest BCUT2D eigenvalue weighted by molar-refractivity contribution is 4.88. The van der Waals surface area contributed by atoms with Crippen LogP contribution < -0.4 is 0 Å². The van der Waals surface area contributed by atoms with E-state index in [9.17, 15) is 15.3 Å². The number of ether oxygens (including phenoxy) is 2. The van der Waals surface area contributed by atoms with Gasteiger partial charge in [-0.1, -0.05) is 0 Å². The second kappa shape index (κ2) is 5.71. The molecule has 7 nitrogen and oxygen atoms in total. The third-order valence-electron chi connectivity index (χ3n) is 2.18.